The summed E-state index contributed by atoms with van der Waals surface area (Å²) in [6.45, 7) is 0. The maximum absolute atomic E-state index is 5.32. The summed E-state index contributed by atoms with van der Waals surface area (Å²) >= 11 is 0. The third-order valence-electron chi connectivity index (χ3n) is 1.95. The molecule has 1 aliphatic rings. The molecule has 0 aliphatic carbocycles. The van der Waals surface area contributed by atoms with Gasteiger partial charge in [-0.15, -0.1) is 0 Å². The number of hydrogen-bond acceptors (Lipinski definition) is 3. The molecule has 0 radical (unpaired) electrons. The summed E-state index contributed by atoms with van der Waals surface area (Å²) in [6.07, 6.45) is 5.84. The van der Waals surface area contributed by atoms with Gasteiger partial charge in [-0.2, -0.15) is 0 Å². The van der Waals surface area contributed by atoms with E-state index < -0.39 is 0 Å². The molecular formula is C10H11N3. The van der Waals surface area contributed by atoms with Crippen LogP contribution in [0.5, 0.6) is 0 Å². The Labute approximate surface area is 76.9 Å². The van der Waals surface area contributed by atoms with Crippen molar-refractivity contribution < 1.29 is 0 Å². The second kappa shape index (κ2) is 3.33. The Bertz CT molecular complexity index is 366. The van der Waals surface area contributed by atoms with Crippen LogP contribution in [0, 0.1) is 0 Å². The predicted octanol–water partition coefficient (Wildman–Crippen LogP) is 1.02. The molecule has 0 atom stereocenters. The highest BCUT2D eigenvalue weighted by Crippen LogP contribution is 2.15. The number of rotatable bonds is 1. The highest BCUT2D eigenvalue weighted by atomic mass is 15.3. The number of benzene rings is 1. The molecule has 0 aromatic heterocycles. The van der Waals surface area contributed by atoms with Crippen LogP contribution in [-0.2, 0) is 0 Å². The number of hydrogen-bond donors (Lipinski definition) is 3. The highest BCUT2D eigenvalue weighted by Gasteiger charge is 2.00. The van der Waals surface area contributed by atoms with Crippen molar-refractivity contribution in [1.82, 2.24) is 10.7 Å². The van der Waals surface area contributed by atoms with Gasteiger partial charge in [-0.05, 0) is 23.3 Å². The van der Waals surface area contributed by atoms with Crippen LogP contribution in [0.2, 0.25) is 0 Å². The van der Waals surface area contributed by atoms with Crippen molar-refractivity contribution >= 4 is 12.2 Å². The van der Waals surface area contributed by atoms with Gasteiger partial charge in [0.1, 0.15) is 5.82 Å². The molecule has 0 saturated heterocycles. The lowest BCUT2D eigenvalue weighted by molar-refractivity contribution is 0.816. The van der Waals surface area contributed by atoms with Gasteiger partial charge in [-0.3, -0.25) is 0 Å². The van der Waals surface area contributed by atoms with Crippen molar-refractivity contribution in [1.29, 1.82) is 0 Å². The van der Waals surface area contributed by atoms with Crippen molar-refractivity contribution in [2.24, 2.45) is 5.84 Å². The molecule has 0 unspecified atom stereocenters. The van der Waals surface area contributed by atoms with E-state index in [4.69, 9.17) is 5.84 Å². The van der Waals surface area contributed by atoms with Gasteiger partial charge in [-0.25, -0.2) is 5.84 Å². The van der Waals surface area contributed by atoms with Crippen molar-refractivity contribution in [3.05, 3.63) is 47.4 Å². The van der Waals surface area contributed by atoms with E-state index in [1.165, 1.54) is 5.56 Å². The summed E-state index contributed by atoms with van der Waals surface area (Å²) in [5, 5.41) is 3.02. The molecule has 0 amide bonds. The zero-order chi connectivity index (χ0) is 9.10. The smallest absolute Gasteiger partial charge is 0.118 e. The maximum Gasteiger partial charge on any atom is 0.118 e. The fraction of sp³-hybridized carbons (Fsp3) is 0. The molecule has 3 heteroatoms. The Morgan fingerprint density at radius 2 is 1.92 bits per heavy atom. The second-order valence-electron chi connectivity index (χ2n) is 2.81. The van der Waals surface area contributed by atoms with E-state index in [1.54, 1.807) is 0 Å². The van der Waals surface area contributed by atoms with Gasteiger partial charge in [0, 0.05) is 6.20 Å². The SMILES string of the molecule is NNC1=Cc2ccccc2C=CN1. The minimum atomic E-state index is 0.793. The Morgan fingerprint density at radius 3 is 2.69 bits per heavy atom. The quantitative estimate of drug-likeness (QED) is 0.439. The molecule has 0 saturated carbocycles. The first kappa shape index (κ1) is 7.89. The van der Waals surface area contributed by atoms with E-state index in [-0.39, 0.29) is 0 Å². The van der Waals surface area contributed by atoms with Gasteiger partial charge in [0.2, 0.25) is 0 Å². The molecule has 3 nitrogen and oxygen atoms in total. The van der Waals surface area contributed by atoms with Crippen LogP contribution in [0.4, 0.5) is 0 Å². The van der Waals surface area contributed by atoms with Gasteiger partial charge in [0.15, 0.2) is 0 Å². The normalized spacial score (nSPS) is 13.8. The number of fused-ring (bicyclic) bond motifs is 1. The monoisotopic (exact) mass is 173 g/mol. The zero-order valence-corrected chi connectivity index (χ0v) is 7.12. The zero-order valence-electron chi connectivity index (χ0n) is 7.12. The number of nitrogens with two attached hydrogens (primary N) is 1. The molecule has 66 valence electrons. The minimum Gasteiger partial charge on any atom is -0.347 e. The summed E-state index contributed by atoms with van der Waals surface area (Å²) < 4.78 is 0. The topological polar surface area (TPSA) is 50.1 Å². The Hall–Kier alpha value is -1.74. The predicted molar refractivity (Wildman–Crippen MR) is 53.9 cm³/mol. The molecule has 0 fully saturated rings. The van der Waals surface area contributed by atoms with Crippen molar-refractivity contribution in [3.63, 3.8) is 0 Å². The largest absolute Gasteiger partial charge is 0.347 e. The fourth-order valence-corrected chi connectivity index (χ4v) is 1.30. The summed E-state index contributed by atoms with van der Waals surface area (Å²) in [7, 11) is 0. The van der Waals surface area contributed by atoms with E-state index in [0.717, 1.165) is 11.4 Å². The first-order valence-corrected chi connectivity index (χ1v) is 4.10. The molecule has 4 N–H and O–H groups in total. The second-order valence-corrected chi connectivity index (χ2v) is 2.81. The average molecular weight is 173 g/mol. The third kappa shape index (κ3) is 1.55. The lowest BCUT2D eigenvalue weighted by Crippen LogP contribution is -2.28. The van der Waals surface area contributed by atoms with E-state index in [0.29, 0.717) is 0 Å². The van der Waals surface area contributed by atoms with Gasteiger partial charge in [-0.1, -0.05) is 24.3 Å². The van der Waals surface area contributed by atoms with Crippen molar-refractivity contribution in [2.45, 2.75) is 0 Å². The first-order chi connectivity index (χ1) is 6.40. The van der Waals surface area contributed by atoms with E-state index in [1.807, 2.05) is 36.6 Å². The molecule has 1 aromatic carbocycles. The Morgan fingerprint density at radius 1 is 1.15 bits per heavy atom. The van der Waals surface area contributed by atoms with E-state index >= 15 is 0 Å². The lowest BCUT2D eigenvalue weighted by atomic mass is 10.1. The standard InChI is InChI=1S/C10H11N3/c11-13-10-7-9-4-2-1-3-8(9)5-6-12-10/h1-7,12-13H,11H2. The molecule has 0 bridgehead atoms. The molecule has 0 spiro atoms. The van der Waals surface area contributed by atoms with Crippen LogP contribution in [0.25, 0.3) is 12.2 Å². The van der Waals surface area contributed by atoms with Crippen LogP contribution >= 0.6 is 0 Å². The Kier molecular flexibility index (Phi) is 2.02. The summed E-state index contributed by atoms with van der Waals surface area (Å²) in [6, 6.07) is 8.12. The Balaban J connectivity index is 2.49. The first-order valence-electron chi connectivity index (χ1n) is 4.10. The maximum atomic E-state index is 5.32. The lowest BCUT2D eigenvalue weighted by Gasteiger charge is -2.03. The van der Waals surface area contributed by atoms with Crippen LogP contribution in [0.3, 0.4) is 0 Å². The molecule has 2 rings (SSSR count). The third-order valence-corrected chi connectivity index (χ3v) is 1.95. The van der Waals surface area contributed by atoms with Crippen LogP contribution < -0.4 is 16.6 Å². The minimum absolute atomic E-state index is 0.793. The van der Waals surface area contributed by atoms with Crippen LogP contribution in [-0.4, -0.2) is 0 Å². The highest BCUT2D eigenvalue weighted by molar-refractivity contribution is 5.68. The van der Waals surface area contributed by atoms with Gasteiger partial charge < -0.3 is 10.7 Å². The molecule has 1 heterocycles. The molecule has 1 aromatic rings. The summed E-state index contributed by atoms with van der Waals surface area (Å²) in [4.78, 5) is 0. The molecular weight excluding hydrogens is 162 g/mol. The van der Waals surface area contributed by atoms with E-state index in [9.17, 15) is 0 Å². The van der Waals surface area contributed by atoms with Crippen LogP contribution in [0.15, 0.2) is 36.3 Å². The average Bonchev–Trinajstić information content (AvgIpc) is 2.38. The molecule has 13 heavy (non-hydrogen) atoms. The van der Waals surface area contributed by atoms with E-state index in [2.05, 4.69) is 16.8 Å². The van der Waals surface area contributed by atoms with Crippen molar-refractivity contribution in [3.8, 4) is 0 Å². The number of hydrazine groups is 1. The van der Waals surface area contributed by atoms with Crippen LogP contribution in [0.1, 0.15) is 11.1 Å². The van der Waals surface area contributed by atoms with Crippen molar-refractivity contribution in [2.75, 3.05) is 0 Å². The van der Waals surface area contributed by atoms with Gasteiger partial charge in [0.05, 0.1) is 0 Å². The fourth-order valence-electron chi connectivity index (χ4n) is 1.30. The summed E-state index contributed by atoms with van der Waals surface area (Å²) in [5.74, 6) is 6.11. The van der Waals surface area contributed by atoms with Gasteiger partial charge in [0.25, 0.3) is 0 Å². The summed E-state index contributed by atoms with van der Waals surface area (Å²) in [5.41, 5.74) is 4.91. The number of nitrogens with one attached hydrogen (secondary N) is 2. The van der Waals surface area contributed by atoms with Gasteiger partial charge >= 0.3 is 0 Å². The molecule has 1 aliphatic heterocycles.